The van der Waals surface area contributed by atoms with E-state index in [9.17, 15) is 4.79 Å². The Morgan fingerprint density at radius 2 is 1.71 bits per heavy atom. The highest BCUT2D eigenvalue weighted by molar-refractivity contribution is 5.95. The molecule has 0 saturated heterocycles. The minimum absolute atomic E-state index is 0.126. The molecule has 5 nitrogen and oxygen atoms in total. The molecule has 0 fully saturated rings. The first-order valence-corrected chi connectivity index (χ1v) is 10.5. The molecule has 0 aliphatic heterocycles. The molecule has 1 aromatic heterocycles. The molecule has 3 rings (SSSR count). The second kappa shape index (κ2) is 8.80. The van der Waals surface area contributed by atoms with Gasteiger partial charge in [0.1, 0.15) is 0 Å². The number of hydrazone groups is 1. The molecule has 0 radical (unpaired) electrons. The summed E-state index contributed by atoms with van der Waals surface area (Å²) in [4.78, 5) is 14.4. The number of amides is 1. The normalized spacial score (nSPS) is 11.7. The van der Waals surface area contributed by atoms with Gasteiger partial charge in [0.05, 0.1) is 6.21 Å². The van der Waals surface area contributed by atoms with Crippen molar-refractivity contribution in [3.8, 4) is 5.69 Å². The van der Waals surface area contributed by atoms with Gasteiger partial charge in [0.15, 0.2) is 0 Å². The number of anilines is 1. The van der Waals surface area contributed by atoms with Crippen LogP contribution in [-0.2, 0) is 5.41 Å². The first-order chi connectivity index (χ1) is 14.6. The summed E-state index contributed by atoms with van der Waals surface area (Å²) in [5, 5.41) is 4.20. The van der Waals surface area contributed by atoms with Gasteiger partial charge in [0, 0.05) is 48.0 Å². The van der Waals surface area contributed by atoms with E-state index in [1.165, 1.54) is 5.56 Å². The van der Waals surface area contributed by atoms with Gasteiger partial charge in [-0.05, 0) is 61.2 Å². The van der Waals surface area contributed by atoms with Gasteiger partial charge in [0.25, 0.3) is 5.91 Å². The highest BCUT2D eigenvalue weighted by Crippen LogP contribution is 2.25. The minimum atomic E-state index is -0.230. The van der Waals surface area contributed by atoms with Crippen LogP contribution in [0, 0.1) is 13.8 Å². The number of carbonyl (C=O) groups excluding carboxylic acids is 1. The monoisotopic (exact) mass is 416 g/mol. The smallest absolute Gasteiger partial charge is 0.271 e. The van der Waals surface area contributed by atoms with E-state index in [-0.39, 0.29) is 11.3 Å². The van der Waals surface area contributed by atoms with E-state index in [0.29, 0.717) is 5.56 Å². The van der Waals surface area contributed by atoms with Gasteiger partial charge in [0.2, 0.25) is 0 Å². The number of aryl methyl sites for hydroxylation is 1. The lowest BCUT2D eigenvalue weighted by atomic mass is 9.87. The van der Waals surface area contributed by atoms with Crippen molar-refractivity contribution in [2.75, 3.05) is 19.0 Å². The van der Waals surface area contributed by atoms with Crippen LogP contribution in [0.1, 0.15) is 53.6 Å². The fraction of sp³-hybridized carbons (Fsp3) is 0.308. The Balaban J connectivity index is 1.77. The number of hydrogen-bond acceptors (Lipinski definition) is 3. The van der Waals surface area contributed by atoms with E-state index in [2.05, 4.69) is 80.0 Å². The lowest BCUT2D eigenvalue weighted by Crippen LogP contribution is -2.18. The summed E-state index contributed by atoms with van der Waals surface area (Å²) >= 11 is 0. The van der Waals surface area contributed by atoms with Crippen LogP contribution in [0.25, 0.3) is 5.69 Å². The molecule has 31 heavy (non-hydrogen) atoms. The molecule has 3 aromatic rings. The Morgan fingerprint density at radius 1 is 1.03 bits per heavy atom. The Morgan fingerprint density at radius 3 is 2.32 bits per heavy atom. The minimum Gasteiger partial charge on any atom is -0.378 e. The highest BCUT2D eigenvalue weighted by atomic mass is 16.2. The van der Waals surface area contributed by atoms with Gasteiger partial charge in [-0.1, -0.05) is 39.0 Å². The molecule has 0 bridgehead atoms. The van der Waals surface area contributed by atoms with Crippen LogP contribution in [-0.4, -0.2) is 30.8 Å². The second-order valence-electron chi connectivity index (χ2n) is 9.10. The van der Waals surface area contributed by atoms with Crippen LogP contribution in [0.5, 0.6) is 0 Å². The van der Waals surface area contributed by atoms with Crippen molar-refractivity contribution in [1.82, 2.24) is 9.99 Å². The molecule has 0 aliphatic carbocycles. The lowest BCUT2D eigenvalue weighted by Gasteiger charge is -2.20. The molecule has 0 spiro atoms. The van der Waals surface area contributed by atoms with Crippen LogP contribution in [0.15, 0.2) is 59.7 Å². The summed E-state index contributed by atoms with van der Waals surface area (Å²) in [7, 11) is 3.89. The molecule has 1 N–H and O–H groups in total. The number of hydrogen-bond donors (Lipinski definition) is 1. The fourth-order valence-corrected chi connectivity index (χ4v) is 3.58. The maximum Gasteiger partial charge on any atom is 0.271 e. The SMILES string of the molecule is Cc1cc(/C=N\NC(=O)c2cccc(N(C)C)c2)c(C)n1-c1ccc(C(C)(C)C)cc1. The summed E-state index contributed by atoms with van der Waals surface area (Å²) in [6, 6.07) is 18.2. The topological polar surface area (TPSA) is 49.6 Å². The number of aromatic nitrogens is 1. The van der Waals surface area contributed by atoms with E-state index in [0.717, 1.165) is 28.3 Å². The fourth-order valence-electron chi connectivity index (χ4n) is 3.58. The number of carbonyl (C=O) groups is 1. The summed E-state index contributed by atoms with van der Waals surface area (Å²) in [5.74, 6) is -0.230. The molecule has 1 heterocycles. The number of nitrogens with zero attached hydrogens (tertiary/aromatic N) is 3. The van der Waals surface area contributed by atoms with E-state index in [1.54, 1.807) is 12.3 Å². The van der Waals surface area contributed by atoms with Gasteiger partial charge in [-0.3, -0.25) is 4.79 Å². The highest BCUT2D eigenvalue weighted by Gasteiger charge is 2.15. The molecule has 5 heteroatoms. The van der Waals surface area contributed by atoms with Crippen molar-refractivity contribution in [3.63, 3.8) is 0 Å². The van der Waals surface area contributed by atoms with Crippen molar-refractivity contribution < 1.29 is 4.79 Å². The van der Waals surface area contributed by atoms with Crippen LogP contribution in [0.2, 0.25) is 0 Å². The van der Waals surface area contributed by atoms with E-state index >= 15 is 0 Å². The maximum atomic E-state index is 12.5. The average Bonchev–Trinajstić information content (AvgIpc) is 3.00. The maximum absolute atomic E-state index is 12.5. The summed E-state index contributed by atoms with van der Waals surface area (Å²) in [5.41, 5.74) is 9.90. The first-order valence-electron chi connectivity index (χ1n) is 10.5. The summed E-state index contributed by atoms with van der Waals surface area (Å²) in [6.45, 7) is 10.8. The predicted octanol–water partition coefficient (Wildman–Crippen LogP) is 5.22. The molecule has 0 aliphatic rings. The summed E-state index contributed by atoms with van der Waals surface area (Å²) in [6.07, 6.45) is 1.70. The summed E-state index contributed by atoms with van der Waals surface area (Å²) < 4.78 is 2.20. The second-order valence-corrected chi connectivity index (χ2v) is 9.10. The Kier molecular flexibility index (Phi) is 6.34. The number of benzene rings is 2. The van der Waals surface area contributed by atoms with Gasteiger partial charge < -0.3 is 9.47 Å². The molecule has 0 unspecified atom stereocenters. The Hall–Kier alpha value is -3.34. The first kappa shape index (κ1) is 22.3. The molecular formula is C26H32N4O. The van der Waals surface area contributed by atoms with Crippen molar-refractivity contribution in [1.29, 1.82) is 0 Å². The largest absolute Gasteiger partial charge is 0.378 e. The lowest BCUT2D eigenvalue weighted by molar-refractivity contribution is 0.0955. The Labute approximate surface area is 185 Å². The zero-order valence-electron chi connectivity index (χ0n) is 19.5. The van der Waals surface area contributed by atoms with Crippen LogP contribution < -0.4 is 10.3 Å². The van der Waals surface area contributed by atoms with Crippen LogP contribution in [0.3, 0.4) is 0 Å². The van der Waals surface area contributed by atoms with Gasteiger partial charge in [-0.25, -0.2) is 5.43 Å². The zero-order chi connectivity index (χ0) is 22.8. The average molecular weight is 417 g/mol. The molecule has 0 atom stereocenters. The number of rotatable bonds is 5. The molecular weight excluding hydrogens is 384 g/mol. The third-order valence-electron chi connectivity index (χ3n) is 5.46. The van der Waals surface area contributed by atoms with Crippen molar-refractivity contribution in [3.05, 3.63) is 82.7 Å². The van der Waals surface area contributed by atoms with E-state index < -0.39 is 0 Å². The zero-order valence-corrected chi connectivity index (χ0v) is 19.5. The Bertz CT molecular complexity index is 1100. The molecule has 1 amide bonds. The van der Waals surface area contributed by atoms with Crippen LogP contribution in [0.4, 0.5) is 5.69 Å². The van der Waals surface area contributed by atoms with Crippen molar-refractivity contribution in [2.45, 2.75) is 40.0 Å². The van der Waals surface area contributed by atoms with Crippen molar-refractivity contribution >= 4 is 17.8 Å². The van der Waals surface area contributed by atoms with E-state index in [4.69, 9.17) is 0 Å². The number of nitrogens with one attached hydrogen (secondary N) is 1. The van der Waals surface area contributed by atoms with E-state index in [1.807, 2.05) is 37.2 Å². The van der Waals surface area contributed by atoms with Crippen LogP contribution >= 0.6 is 0 Å². The van der Waals surface area contributed by atoms with Crippen molar-refractivity contribution in [2.24, 2.45) is 5.10 Å². The molecule has 0 saturated carbocycles. The third kappa shape index (κ3) is 5.05. The van der Waals surface area contributed by atoms with Gasteiger partial charge >= 0.3 is 0 Å². The quantitative estimate of drug-likeness (QED) is 0.458. The predicted molar refractivity (Wildman–Crippen MR) is 130 cm³/mol. The van der Waals surface area contributed by atoms with Gasteiger partial charge in [-0.2, -0.15) is 5.10 Å². The standard InChI is InChI=1S/C26H32N4O/c1-18-15-21(17-27-28-25(31)20-9-8-10-24(16-20)29(6)7)19(2)30(18)23-13-11-22(12-14-23)26(3,4)5/h8-17H,1-7H3,(H,28,31)/b27-17-. The van der Waals surface area contributed by atoms with Gasteiger partial charge in [-0.15, -0.1) is 0 Å². The molecule has 2 aromatic carbocycles. The third-order valence-corrected chi connectivity index (χ3v) is 5.46. The molecule has 162 valence electrons.